The number of hydrogen-bond acceptors (Lipinski definition) is 2. The van der Waals surface area contributed by atoms with Crippen LogP contribution < -0.4 is 9.47 Å². The van der Waals surface area contributed by atoms with Gasteiger partial charge in [0.25, 0.3) is 0 Å². The highest BCUT2D eigenvalue weighted by Crippen LogP contribution is 2.27. The second-order valence-corrected chi connectivity index (χ2v) is 9.60. The predicted molar refractivity (Wildman–Crippen MR) is 154 cm³/mol. The molecule has 0 heterocycles. The highest BCUT2D eigenvalue weighted by Gasteiger charge is 2.09. The number of aryl methyl sites for hydroxylation is 5. The zero-order valence-electron chi connectivity index (χ0n) is 22.6. The van der Waals surface area contributed by atoms with Crippen LogP contribution in [0.3, 0.4) is 0 Å². The van der Waals surface area contributed by atoms with Gasteiger partial charge < -0.3 is 9.47 Å². The summed E-state index contributed by atoms with van der Waals surface area (Å²) in [6.07, 6.45) is 9.24. The Labute approximate surface area is 218 Å². The predicted octanol–water partition coefficient (Wildman–Crippen LogP) is 8.78. The van der Waals surface area contributed by atoms with Gasteiger partial charge in [-0.2, -0.15) is 0 Å². The molecule has 0 bridgehead atoms. The normalized spacial score (nSPS) is 11.6. The summed E-state index contributed by atoms with van der Waals surface area (Å²) in [6.45, 7) is 15.9. The van der Waals surface area contributed by atoms with Crippen molar-refractivity contribution in [3.8, 4) is 11.5 Å². The first kappa shape index (κ1) is 27.1. The van der Waals surface area contributed by atoms with Crippen LogP contribution in [-0.2, 0) is 12.8 Å². The molecule has 3 aromatic rings. The van der Waals surface area contributed by atoms with Gasteiger partial charge in [-0.25, -0.2) is 0 Å². The number of hydrogen-bond donors (Lipinski definition) is 0. The molecule has 0 atom stereocenters. The monoisotopic (exact) mass is 480 g/mol. The minimum absolute atomic E-state index is 0.464. The van der Waals surface area contributed by atoms with Crippen LogP contribution in [0.5, 0.6) is 11.5 Å². The van der Waals surface area contributed by atoms with E-state index in [0.717, 1.165) is 36.3 Å². The summed E-state index contributed by atoms with van der Waals surface area (Å²) >= 11 is 0. The van der Waals surface area contributed by atoms with Gasteiger partial charge in [0.2, 0.25) is 0 Å². The third-order valence-electron chi connectivity index (χ3n) is 6.20. The number of allylic oxidation sites excluding steroid dienone is 1. The third-order valence-corrected chi connectivity index (χ3v) is 6.20. The van der Waals surface area contributed by atoms with Gasteiger partial charge in [-0.3, -0.25) is 0 Å². The molecular formula is C34H40O2. The van der Waals surface area contributed by atoms with Crippen LogP contribution in [0.25, 0.3) is 6.08 Å². The molecule has 0 spiro atoms. The van der Waals surface area contributed by atoms with Crippen molar-refractivity contribution in [2.45, 2.75) is 53.9 Å². The van der Waals surface area contributed by atoms with Crippen LogP contribution in [0.4, 0.5) is 0 Å². The Bertz CT molecular complexity index is 1230. The third kappa shape index (κ3) is 8.30. The molecule has 0 amide bonds. The van der Waals surface area contributed by atoms with E-state index in [-0.39, 0.29) is 0 Å². The van der Waals surface area contributed by atoms with E-state index in [1.54, 1.807) is 0 Å². The molecule has 0 unspecified atom stereocenters. The lowest BCUT2D eigenvalue weighted by Crippen LogP contribution is -2.04. The highest BCUT2D eigenvalue weighted by molar-refractivity contribution is 5.56. The van der Waals surface area contributed by atoms with Crippen LogP contribution in [0.15, 0.2) is 90.5 Å². The summed E-state index contributed by atoms with van der Waals surface area (Å²) in [5.41, 5.74) is 9.55. The quantitative estimate of drug-likeness (QED) is 0.190. The van der Waals surface area contributed by atoms with Gasteiger partial charge in [-0.1, -0.05) is 80.3 Å². The van der Waals surface area contributed by atoms with Crippen LogP contribution in [-0.4, -0.2) is 13.2 Å². The molecule has 0 radical (unpaired) electrons. The van der Waals surface area contributed by atoms with E-state index in [1.807, 2.05) is 6.08 Å². The van der Waals surface area contributed by atoms with Gasteiger partial charge in [-0.05, 0) is 104 Å². The van der Waals surface area contributed by atoms with Crippen LogP contribution in [0.1, 0.15) is 53.6 Å². The van der Waals surface area contributed by atoms with E-state index in [9.17, 15) is 0 Å². The Hall–Kier alpha value is -3.52. The van der Waals surface area contributed by atoms with E-state index in [1.165, 1.54) is 39.0 Å². The lowest BCUT2D eigenvalue weighted by Gasteiger charge is -2.15. The van der Waals surface area contributed by atoms with Gasteiger partial charge in [0.05, 0.1) is 0 Å². The minimum Gasteiger partial charge on any atom is -0.489 e. The fraction of sp³-hybridized carbons (Fsp3) is 0.294. The van der Waals surface area contributed by atoms with Crippen molar-refractivity contribution in [2.75, 3.05) is 13.2 Å². The molecule has 188 valence electrons. The molecule has 0 fully saturated rings. The van der Waals surface area contributed by atoms with Gasteiger partial charge in [0.15, 0.2) is 0 Å². The molecule has 0 aromatic heterocycles. The number of para-hydroxylation sites is 1. The van der Waals surface area contributed by atoms with Crippen molar-refractivity contribution < 1.29 is 9.47 Å². The second kappa shape index (κ2) is 13.5. The Morgan fingerprint density at radius 1 is 0.861 bits per heavy atom. The first-order valence-corrected chi connectivity index (χ1v) is 12.9. The zero-order chi connectivity index (χ0) is 25.9. The Morgan fingerprint density at radius 2 is 1.64 bits per heavy atom. The molecule has 3 aromatic carbocycles. The summed E-state index contributed by atoms with van der Waals surface area (Å²) in [5, 5.41) is 0. The molecule has 0 aliphatic carbocycles. The molecule has 0 aliphatic rings. The van der Waals surface area contributed by atoms with Gasteiger partial charge >= 0.3 is 0 Å². The first-order valence-electron chi connectivity index (χ1n) is 12.9. The van der Waals surface area contributed by atoms with E-state index in [4.69, 9.17) is 9.47 Å². The maximum Gasteiger partial charge on any atom is 0.125 e. The van der Waals surface area contributed by atoms with Crippen molar-refractivity contribution >= 4 is 6.08 Å². The molecule has 0 saturated heterocycles. The topological polar surface area (TPSA) is 18.5 Å². The molecule has 0 saturated carbocycles. The Balaban J connectivity index is 1.62. The summed E-state index contributed by atoms with van der Waals surface area (Å²) in [6, 6.07) is 21.2. The minimum atomic E-state index is 0.464. The van der Waals surface area contributed by atoms with E-state index >= 15 is 0 Å². The average Bonchev–Trinajstić information content (AvgIpc) is 2.85. The van der Waals surface area contributed by atoms with Crippen molar-refractivity contribution in [2.24, 2.45) is 0 Å². The lowest BCUT2D eigenvalue weighted by molar-refractivity contribution is 0.345. The number of rotatable bonds is 12. The van der Waals surface area contributed by atoms with Gasteiger partial charge in [-0.15, -0.1) is 0 Å². The highest BCUT2D eigenvalue weighted by atomic mass is 16.5. The van der Waals surface area contributed by atoms with E-state index in [2.05, 4.69) is 114 Å². The summed E-state index contributed by atoms with van der Waals surface area (Å²) in [4.78, 5) is 0. The van der Waals surface area contributed by atoms with Crippen molar-refractivity contribution in [1.29, 1.82) is 0 Å². The summed E-state index contributed by atoms with van der Waals surface area (Å²) in [7, 11) is 0. The fourth-order valence-electron chi connectivity index (χ4n) is 4.25. The average molecular weight is 481 g/mol. The number of ether oxygens (including phenoxy) is 2. The van der Waals surface area contributed by atoms with E-state index in [0.29, 0.717) is 13.2 Å². The van der Waals surface area contributed by atoms with Crippen molar-refractivity contribution in [1.82, 2.24) is 0 Å². The van der Waals surface area contributed by atoms with Crippen molar-refractivity contribution in [3.63, 3.8) is 0 Å². The van der Waals surface area contributed by atoms with Gasteiger partial charge in [0.1, 0.15) is 24.7 Å². The van der Waals surface area contributed by atoms with Crippen LogP contribution in [0.2, 0.25) is 0 Å². The van der Waals surface area contributed by atoms with Gasteiger partial charge in [0, 0.05) is 0 Å². The lowest BCUT2D eigenvalue weighted by atomic mass is 10.00. The molecule has 0 aliphatic heterocycles. The van der Waals surface area contributed by atoms with E-state index < -0.39 is 0 Å². The summed E-state index contributed by atoms with van der Waals surface area (Å²) in [5.74, 6) is 1.90. The van der Waals surface area contributed by atoms with Crippen molar-refractivity contribution in [3.05, 3.63) is 124 Å². The summed E-state index contributed by atoms with van der Waals surface area (Å²) < 4.78 is 12.3. The molecule has 3 rings (SSSR count). The molecule has 0 N–H and O–H groups in total. The molecular weight excluding hydrogens is 440 g/mol. The first-order chi connectivity index (χ1) is 17.4. The molecule has 2 heteroatoms. The van der Waals surface area contributed by atoms with Crippen LogP contribution in [0, 0.1) is 20.8 Å². The second-order valence-electron chi connectivity index (χ2n) is 9.60. The Morgan fingerprint density at radius 3 is 2.42 bits per heavy atom. The SMILES string of the molecule is C=C(/C=C\c1ccccc1C)COc1cc(C)cc(CCc2cccc(C)c2OC/C(C)=C\CC)c1. The smallest absolute Gasteiger partial charge is 0.125 e. The molecule has 2 nitrogen and oxygen atoms in total. The largest absolute Gasteiger partial charge is 0.489 e. The zero-order valence-corrected chi connectivity index (χ0v) is 22.6. The maximum atomic E-state index is 6.24. The standard InChI is InChI=1S/C34H40O2/c1-7-11-25(2)24-36-34-29(6)13-10-15-32(34)19-17-30-20-27(4)21-33(22-30)35-23-26(3)16-18-31-14-9-8-12-28(31)5/h8-16,18,20-22H,3,7,17,19,23-24H2,1-2,4-6H3/b18-16-,25-11-. The fourth-order valence-corrected chi connectivity index (χ4v) is 4.25. The Kier molecular flexibility index (Phi) is 10.2. The number of benzene rings is 3. The molecule has 36 heavy (non-hydrogen) atoms. The maximum absolute atomic E-state index is 6.24. The van der Waals surface area contributed by atoms with Crippen LogP contribution >= 0.6 is 0 Å².